The Hall–Kier alpha value is -3.22. The van der Waals surface area contributed by atoms with Gasteiger partial charge in [0.1, 0.15) is 0 Å². The number of aryl methyl sites for hydroxylation is 1. The third-order valence-corrected chi connectivity index (χ3v) is 2.88. The zero-order valence-corrected chi connectivity index (χ0v) is 11.7. The number of nitro benzene ring substituents is 1. The van der Waals surface area contributed by atoms with Gasteiger partial charge in [-0.1, -0.05) is 17.7 Å². The highest BCUT2D eigenvalue weighted by atomic mass is 16.6. The number of carbonyl (C=O) groups excluding carboxylic acids is 2. The average Bonchev–Trinajstić information content (AvgIpc) is 2.49. The molecule has 0 fully saturated rings. The summed E-state index contributed by atoms with van der Waals surface area (Å²) in [6.45, 7) is 1.92. The number of nitro groups is 1. The van der Waals surface area contributed by atoms with Crippen LogP contribution >= 0.6 is 0 Å². The third-order valence-electron chi connectivity index (χ3n) is 2.88. The summed E-state index contributed by atoms with van der Waals surface area (Å²) in [5.41, 5.74) is 1.64. The molecular weight excluding hydrogens is 286 g/mol. The summed E-state index contributed by atoms with van der Waals surface area (Å²) in [6, 6.07) is 11.4. The summed E-state index contributed by atoms with van der Waals surface area (Å²) in [5.74, 6) is -0.639. The molecule has 2 rings (SSSR count). The Bertz CT molecular complexity index is 709. The van der Waals surface area contributed by atoms with Crippen LogP contribution in [0.15, 0.2) is 48.5 Å². The first-order valence-electron chi connectivity index (χ1n) is 6.39. The van der Waals surface area contributed by atoms with Crippen LogP contribution in [0, 0.1) is 17.0 Å². The number of nitrogens with zero attached hydrogens (tertiary/aromatic N) is 1. The lowest BCUT2D eigenvalue weighted by Crippen LogP contribution is -2.34. The van der Waals surface area contributed by atoms with Crippen molar-refractivity contribution >= 4 is 23.3 Å². The molecule has 0 unspecified atom stereocenters. The smallest absolute Gasteiger partial charge is 0.308 e. The van der Waals surface area contributed by atoms with E-state index in [-0.39, 0.29) is 11.3 Å². The number of anilines is 1. The summed E-state index contributed by atoms with van der Waals surface area (Å²) in [6.07, 6.45) is 0. The zero-order chi connectivity index (χ0) is 16.1. The van der Waals surface area contributed by atoms with E-state index in [2.05, 4.69) is 10.6 Å². The maximum absolute atomic E-state index is 11.8. The number of hydrogen-bond donors (Lipinski definition) is 2. The first kappa shape index (κ1) is 15.2. The molecule has 0 aliphatic carbocycles. The molecule has 2 aromatic carbocycles. The van der Waals surface area contributed by atoms with Crippen LogP contribution in [0.3, 0.4) is 0 Å². The minimum absolute atomic E-state index is 0.124. The lowest BCUT2D eigenvalue weighted by molar-refractivity contribution is -0.384. The van der Waals surface area contributed by atoms with E-state index in [1.54, 1.807) is 12.1 Å². The van der Waals surface area contributed by atoms with E-state index in [4.69, 9.17) is 0 Å². The number of imide groups is 1. The van der Waals surface area contributed by atoms with Crippen molar-refractivity contribution in [1.82, 2.24) is 5.32 Å². The Morgan fingerprint density at radius 1 is 1.00 bits per heavy atom. The Kier molecular flexibility index (Phi) is 4.47. The van der Waals surface area contributed by atoms with Gasteiger partial charge in [0.15, 0.2) is 0 Å². The lowest BCUT2D eigenvalue weighted by atomic mass is 10.2. The van der Waals surface area contributed by atoms with Gasteiger partial charge in [-0.15, -0.1) is 0 Å². The van der Waals surface area contributed by atoms with Crippen molar-refractivity contribution in [2.75, 3.05) is 5.32 Å². The molecule has 2 N–H and O–H groups in total. The number of non-ortho nitro benzene ring substituents is 1. The predicted molar refractivity (Wildman–Crippen MR) is 80.8 cm³/mol. The lowest BCUT2D eigenvalue weighted by Gasteiger charge is -2.07. The van der Waals surface area contributed by atoms with Crippen molar-refractivity contribution in [1.29, 1.82) is 0 Å². The second kappa shape index (κ2) is 6.49. The summed E-state index contributed by atoms with van der Waals surface area (Å²) in [5, 5.41) is 15.2. The molecule has 0 atom stereocenters. The van der Waals surface area contributed by atoms with Crippen molar-refractivity contribution in [2.24, 2.45) is 0 Å². The molecule has 0 saturated carbocycles. The van der Waals surface area contributed by atoms with E-state index in [0.717, 1.165) is 5.56 Å². The van der Waals surface area contributed by atoms with Crippen LogP contribution in [0.2, 0.25) is 0 Å². The molecule has 0 aliphatic rings. The molecule has 7 heteroatoms. The quantitative estimate of drug-likeness (QED) is 0.672. The fourth-order valence-corrected chi connectivity index (χ4v) is 1.71. The third kappa shape index (κ3) is 3.89. The van der Waals surface area contributed by atoms with Gasteiger partial charge < -0.3 is 5.32 Å². The van der Waals surface area contributed by atoms with Gasteiger partial charge in [-0.2, -0.15) is 0 Å². The van der Waals surface area contributed by atoms with Crippen LogP contribution in [-0.2, 0) is 0 Å². The van der Waals surface area contributed by atoms with Gasteiger partial charge in [-0.3, -0.25) is 20.2 Å². The van der Waals surface area contributed by atoms with Gasteiger partial charge in [-0.25, -0.2) is 4.79 Å². The van der Waals surface area contributed by atoms with E-state index in [1.807, 2.05) is 19.1 Å². The minimum atomic E-state index is -0.674. The molecule has 22 heavy (non-hydrogen) atoms. The van der Waals surface area contributed by atoms with E-state index < -0.39 is 16.9 Å². The number of nitrogens with one attached hydrogen (secondary N) is 2. The molecule has 0 spiro atoms. The molecule has 0 bridgehead atoms. The summed E-state index contributed by atoms with van der Waals surface area (Å²) in [7, 11) is 0. The van der Waals surface area contributed by atoms with Crippen LogP contribution in [0.25, 0.3) is 0 Å². The number of rotatable bonds is 3. The number of carbonyl (C=O) groups is 2. The Labute approximate surface area is 126 Å². The molecule has 0 heterocycles. The molecule has 0 radical (unpaired) electrons. The molecule has 2 aromatic rings. The second-order valence-corrected chi connectivity index (χ2v) is 4.58. The van der Waals surface area contributed by atoms with Gasteiger partial charge >= 0.3 is 6.03 Å². The van der Waals surface area contributed by atoms with E-state index in [9.17, 15) is 19.7 Å². The van der Waals surface area contributed by atoms with Crippen molar-refractivity contribution in [2.45, 2.75) is 6.92 Å². The van der Waals surface area contributed by atoms with E-state index >= 15 is 0 Å². The monoisotopic (exact) mass is 299 g/mol. The summed E-state index contributed by atoms with van der Waals surface area (Å²) >= 11 is 0. The zero-order valence-electron chi connectivity index (χ0n) is 11.7. The predicted octanol–water partition coefficient (Wildman–Crippen LogP) is 2.87. The van der Waals surface area contributed by atoms with Crippen LogP contribution in [0.4, 0.5) is 16.2 Å². The van der Waals surface area contributed by atoms with Crippen molar-refractivity contribution in [3.63, 3.8) is 0 Å². The first-order valence-corrected chi connectivity index (χ1v) is 6.39. The number of hydrogen-bond acceptors (Lipinski definition) is 4. The topological polar surface area (TPSA) is 101 Å². The highest BCUT2D eigenvalue weighted by Crippen LogP contribution is 2.12. The van der Waals surface area contributed by atoms with Gasteiger partial charge in [0, 0.05) is 23.4 Å². The molecule has 0 aliphatic heterocycles. The van der Waals surface area contributed by atoms with Gasteiger partial charge in [-0.05, 0) is 31.2 Å². The molecule has 112 valence electrons. The largest absolute Gasteiger partial charge is 0.326 e. The Balaban J connectivity index is 1.97. The van der Waals surface area contributed by atoms with E-state index in [0.29, 0.717) is 5.69 Å². The van der Waals surface area contributed by atoms with Crippen LogP contribution in [0.5, 0.6) is 0 Å². The fourth-order valence-electron chi connectivity index (χ4n) is 1.71. The van der Waals surface area contributed by atoms with Gasteiger partial charge in [0.25, 0.3) is 11.6 Å². The van der Waals surface area contributed by atoms with E-state index in [1.165, 1.54) is 24.3 Å². The SMILES string of the molecule is Cc1ccc(NC(=O)NC(=O)c2ccc([N+](=O)[O-])cc2)cc1. The maximum atomic E-state index is 11.8. The molecule has 3 amide bonds. The highest BCUT2D eigenvalue weighted by molar-refractivity contribution is 6.08. The second-order valence-electron chi connectivity index (χ2n) is 4.58. The van der Waals surface area contributed by atoms with Crippen LogP contribution in [0.1, 0.15) is 15.9 Å². The fraction of sp³-hybridized carbons (Fsp3) is 0.0667. The molecule has 7 nitrogen and oxygen atoms in total. The van der Waals surface area contributed by atoms with Crippen molar-refractivity contribution in [3.8, 4) is 0 Å². The summed E-state index contributed by atoms with van der Waals surface area (Å²) in [4.78, 5) is 33.5. The minimum Gasteiger partial charge on any atom is -0.308 e. The first-order chi connectivity index (χ1) is 10.5. The highest BCUT2D eigenvalue weighted by Gasteiger charge is 2.12. The van der Waals surface area contributed by atoms with Crippen LogP contribution in [-0.4, -0.2) is 16.9 Å². The number of benzene rings is 2. The maximum Gasteiger partial charge on any atom is 0.326 e. The standard InChI is InChI=1S/C15H13N3O4/c1-10-2-6-12(7-3-10)16-15(20)17-14(19)11-4-8-13(9-5-11)18(21)22/h2-9H,1H3,(H2,16,17,19,20). The average molecular weight is 299 g/mol. The molecule has 0 saturated heterocycles. The molecule has 0 aromatic heterocycles. The van der Waals surface area contributed by atoms with Gasteiger partial charge in [0.05, 0.1) is 4.92 Å². The van der Waals surface area contributed by atoms with Crippen molar-refractivity contribution in [3.05, 3.63) is 69.8 Å². The Morgan fingerprint density at radius 2 is 1.59 bits per heavy atom. The number of amides is 3. The number of urea groups is 1. The van der Waals surface area contributed by atoms with Crippen LogP contribution < -0.4 is 10.6 Å². The Morgan fingerprint density at radius 3 is 2.14 bits per heavy atom. The van der Waals surface area contributed by atoms with Crippen molar-refractivity contribution < 1.29 is 14.5 Å². The molecular formula is C15H13N3O4. The normalized spacial score (nSPS) is 9.86. The van der Waals surface area contributed by atoms with Gasteiger partial charge in [0.2, 0.25) is 0 Å². The summed E-state index contributed by atoms with van der Waals surface area (Å²) < 4.78 is 0.